The lowest BCUT2D eigenvalue weighted by Crippen LogP contribution is -2.70. The van der Waals surface area contributed by atoms with Crippen LogP contribution in [-0.2, 0) is 51.2 Å². The van der Waals surface area contributed by atoms with Crippen molar-refractivity contribution in [2.24, 2.45) is 5.41 Å². The fraction of sp³-hybridized carbons (Fsp3) is 0.591. The number of carbonyl (C=O) groups is 4. The molecular formula is C44H60N4O9. The van der Waals surface area contributed by atoms with E-state index in [2.05, 4.69) is 19.2 Å². The summed E-state index contributed by atoms with van der Waals surface area (Å²) >= 11 is 0. The minimum absolute atomic E-state index is 0.0263. The van der Waals surface area contributed by atoms with E-state index in [4.69, 9.17) is 19.0 Å². The number of aliphatic hydroxyl groups is 1. The molecule has 0 radical (unpaired) electrons. The van der Waals surface area contributed by atoms with Crippen LogP contribution in [0.25, 0.3) is 6.08 Å². The fourth-order valence-electron chi connectivity index (χ4n) is 8.98. The molecule has 3 saturated heterocycles. The van der Waals surface area contributed by atoms with Gasteiger partial charge in [-0.15, -0.1) is 0 Å². The predicted octanol–water partition coefficient (Wildman–Crippen LogP) is 4.41. The number of fused-ring (bicyclic) bond motifs is 4. The molecule has 13 heteroatoms. The summed E-state index contributed by atoms with van der Waals surface area (Å²) in [5.74, 6) is -2.50. The molecule has 2 N–H and O–H groups in total. The molecule has 1 saturated carbocycles. The highest BCUT2D eigenvalue weighted by atomic mass is 16.8. The molecule has 7 atom stereocenters. The first kappa shape index (κ1) is 42.5. The lowest BCUT2D eigenvalue weighted by Gasteiger charge is -2.50. The molecule has 310 valence electrons. The van der Waals surface area contributed by atoms with Gasteiger partial charge in [-0.1, -0.05) is 94.1 Å². The lowest BCUT2D eigenvalue weighted by atomic mass is 9.62. The summed E-state index contributed by atoms with van der Waals surface area (Å²) in [4.78, 5) is 65.9. The first-order valence-electron chi connectivity index (χ1n) is 20.6. The van der Waals surface area contributed by atoms with Gasteiger partial charge in [0.25, 0.3) is 0 Å². The third kappa shape index (κ3) is 8.97. The van der Waals surface area contributed by atoms with Crippen molar-refractivity contribution in [3.8, 4) is 0 Å². The molecule has 2 aromatic carbocycles. The quantitative estimate of drug-likeness (QED) is 0.119. The van der Waals surface area contributed by atoms with Crippen LogP contribution >= 0.6 is 0 Å². The number of nitrogens with zero attached hydrogens (tertiary/aromatic N) is 3. The Morgan fingerprint density at radius 3 is 2.30 bits per heavy atom. The number of unbranched alkanes of at least 4 members (excludes halogenated alkanes) is 4. The maximum atomic E-state index is 15.5. The van der Waals surface area contributed by atoms with Gasteiger partial charge < -0.3 is 34.4 Å². The summed E-state index contributed by atoms with van der Waals surface area (Å²) in [7, 11) is 4.97. The number of aliphatic hydroxyl groups excluding tert-OH is 1. The fourth-order valence-corrected chi connectivity index (χ4v) is 8.98. The largest absolute Gasteiger partial charge is 0.458 e. The molecule has 0 aromatic heterocycles. The standard InChI is InChI=1S/C44H60N4O9/c1-6-8-13-22-43(23-14-9-7-2)55-36-34-28-44(42(53)47(5)33(40(51)45-24-25-49)27-30-16-11-10-12-17-30)38(41(52)54-34)48(57-39(44)37(36)56-43)29-32-19-15-18-31(26-32)20-21-35(50)46(3)4/h10-12,15-21,26,33-34,36-39,49H,6-9,13-14,22-25,27-29H2,1-5H3,(H,45,51). The number of hydrogen-bond donors (Lipinski definition) is 2. The lowest BCUT2D eigenvalue weighted by molar-refractivity contribution is -0.225. The van der Waals surface area contributed by atoms with Crippen molar-refractivity contribution in [3.05, 3.63) is 77.4 Å². The second-order valence-corrected chi connectivity index (χ2v) is 16.2. The molecule has 3 amide bonds. The predicted molar refractivity (Wildman–Crippen MR) is 213 cm³/mol. The highest BCUT2D eigenvalue weighted by Gasteiger charge is 2.76. The molecule has 4 aliphatic rings. The smallest absolute Gasteiger partial charge is 0.327 e. The van der Waals surface area contributed by atoms with Crippen molar-refractivity contribution < 1.29 is 43.3 Å². The van der Waals surface area contributed by atoms with Crippen LogP contribution in [-0.4, -0.2) is 120 Å². The van der Waals surface area contributed by atoms with Gasteiger partial charge in [0.1, 0.15) is 35.9 Å². The topological polar surface area (TPSA) is 147 Å². The highest BCUT2D eigenvalue weighted by Crippen LogP contribution is 2.58. The number of rotatable bonds is 19. The van der Waals surface area contributed by atoms with Gasteiger partial charge in [-0.2, -0.15) is 5.06 Å². The van der Waals surface area contributed by atoms with Crippen LogP contribution in [0.4, 0.5) is 0 Å². The molecule has 7 unspecified atom stereocenters. The van der Waals surface area contributed by atoms with Gasteiger partial charge >= 0.3 is 5.97 Å². The summed E-state index contributed by atoms with van der Waals surface area (Å²) in [5.41, 5.74) is 0.939. The Kier molecular flexibility index (Phi) is 13.9. The van der Waals surface area contributed by atoms with E-state index in [9.17, 15) is 19.5 Å². The van der Waals surface area contributed by atoms with Crippen LogP contribution in [0.1, 0.15) is 88.3 Å². The maximum Gasteiger partial charge on any atom is 0.327 e. The summed E-state index contributed by atoms with van der Waals surface area (Å²) in [6.45, 7) is 4.20. The molecule has 2 bridgehead atoms. The molecule has 1 aliphatic carbocycles. The number of nitrogens with one attached hydrogen (secondary N) is 1. The van der Waals surface area contributed by atoms with Gasteiger partial charge in [-0.05, 0) is 35.6 Å². The molecule has 4 fully saturated rings. The molecule has 6 rings (SSSR count). The van der Waals surface area contributed by atoms with Crippen LogP contribution in [0.15, 0.2) is 60.7 Å². The van der Waals surface area contributed by atoms with Gasteiger partial charge in [0.15, 0.2) is 11.8 Å². The van der Waals surface area contributed by atoms with E-state index < -0.39 is 65.5 Å². The summed E-state index contributed by atoms with van der Waals surface area (Å²) < 4.78 is 20.2. The number of carbonyl (C=O) groups excluding carboxylic acids is 4. The van der Waals surface area contributed by atoms with Crippen LogP contribution in [0, 0.1) is 5.41 Å². The van der Waals surface area contributed by atoms with E-state index in [-0.39, 0.29) is 38.4 Å². The average molecular weight is 789 g/mol. The Labute approximate surface area is 336 Å². The van der Waals surface area contributed by atoms with Crippen LogP contribution in [0.2, 0.25) is 0 Å². The normalized spacial score (nSPS) is 26.5. The molecule has 57 heavy (non-hydrogen) atoms. The third-order valence-electron chi connectivity index (χ3n) is 11.9. The molecule has 3 heterocycles. The third-order valence-corrected chi connectivity index (χ3v) is 11.9. The van der Waals surface area contributed by atoms with Gasteiger partial charge in [0.05, 0.1) is 13.2 Å². The number of likely N-dealkylation sites (N-methyl/N-ethyl adjacent to an activating group) is 2. The van der Waals surface area contributed by atoms with E-state index in [0.29, 0.717) is 12.8 Å². The average Bonchev–Trinajstić information content (AvgIpc) is 3.76. The molecule has 13 nitrogen and oxygen atoms in total. The van der Waals surface area contributed by atoms with Crippen molar-refractivity contribution in [3.63, 3.8) is 0 Å². The Morgan fingerprint density at radius 1 is 0.947 bits per heavy atom. The zero-order chi connectivity index (χ0) is 40.7. The van der Waals surface area contributed by atoms with E-state index in [1.54, 1.807) is 32.3 Å². The maximum absolute atomic E-state index is 15.5. The first-order chi connectivity index (χ1) is 27.5. The summed E-state index contributed by atoms with van der Waals surface area (Å²) in [6.07, 6.45) is 7.71. The number of amides is 3. The Hall–Kier alpha value is -4.14. The molecular weight excluding hydrogens is 729 g/mol. The van der Waals surface area contributed by atoms with Gasteiger partial charge in [0.2, 0.25) is 17.7 Å². The Morgan fingerprint density at radius 2 is 1.63 bits per heavy atom. The van der Waals surface area contributed by atoms with Crippen molar-refractivity contribution >= 4 is 29.8 Å². The van der Waals surface area contributed by atoms with Crippen molar-refractivity contribution in [1.29, 1.82) is 0 Å². The monoisotopic (exact) mass is 788 g/mol. The van der Waals surface area contributed by atoms with Crippen molar-refractivity contribution in [1.82, 2.24) is 20.2 Å². The second-order valence-electron chi connectivity index (χ2n) is 16.2. The van der Waals surface area contributed by atoms with E-state index in [1.165, 1.54) is 15.9 Å². The minimum Gasteiger partial charge on any atom is -0.458 e. The van der Waals surface area contributed by atoms with Gasteiger partial charge in [-0.3, -0.25) is 24.0 Å². The number of ether oxygens (including phenoxy) is 3. The van der Waals surface area contributed by atoms with Crippen molar-refractivity contribution in [2.75, 3.05) is 34.3 Å². The highest BCUT2D eigenvalue weighted by molar-refractivity contribution is 5.96. The molecule has 3 aliphatic heterocycles. The van der Waals surface area contributed by atoms with Crippen LogP contribution in [0.3, 0.4) is 0 Å². The number of benzene rings is 2. The Balaban J connectivity index is 1.39. The number of hydroxylamine groups is 2. The number of esters is 1. The second kappa shape index (κ2) is 18.6. The minimum atomic E-state index is -1.48. The first-order valence-corrected chi connectivity index (χ1v) is 20.6. The Bertz CT molecular complexity index is 1740. The zero-order valence-corrected chi connectivity index (χ0v) is 34.1. The van der Waals surface area contributed by atoms with E-state index in [1.807, 2.05) is 54.6 Å². The van der Waals surface area contributed by atoms with Gasteiger partial charge in [-0.25, -0.2) is 0 Å². The van der Waals surface area contributed by atoms with Crippen LogP contribution < -0.4 is 5.32 Å². The van der Waals surface area contributed by atoms with Crippen molar-refractivity contribution in [2.45, 2.75) is 127 Å². The van der Waals surface area contributed by atoms with Crippen LogP contribution in [0.5, 0.6) is 0 Å². The SMILES string of the molecule is CCCCCC1(CCCCC)OC2C3CC4(C(=O)N(C)C(Cc5ccccc5)C(=O)NCCO)C(ON(Cc5cccc(C=CC(=O)N(C)C)c5)C4C(=O)O3)C2O1. The van der Waals surface area contributed by atoms with E-state index in [0.717, 1.165) is 55.2 Å². The summed E-state index contributed by atoms with van der Waals surface area (Å²) in [5, 5.41) is 13.9. The number of hydrogen-bond acceptors (Lipinski definition) is 10. The molecule has 0 spiro atoms. The van der Waals surface area contributed by atoms with Gasteiger partial charge in [0, 0.05) is 59.4 Å². The zero-order valence-electron chi connectivity index (χ0n) is 34.1. The molecule has 2 aromatic rings. The summed E-state index contributed by atoms with van der Waals surface area (Å²) in [6, 6.07) is 14.9. The van der Waals surface area contributed by atoms with E-state index >= 15 is 4.79 Å².